The number of imidazole rings is 1. The first-order chi connectivity index (χ1) is 10.7. The van der Waals surface area contributed by atoms with Gasteiger partial charge in [0.05, 0.1) is 6.33 Å². The zero-order valence-corrected chi connectivity index (χ0v) is 13.5. The monoisotopic (exact) mass is 366 g/mol. The molecule has 0 amide bonds. The lowest BCUT2D eigenvalue weighted by atomic mass is 10.0. The minimum Gasteiger partial charge on any atom is -0.320 e. The average molecular weight is 367 g/mol. The van der Waals surface area contributed by atoms with E-state index in [9.17, 15) is 13.3 Å². The van der Waals surface area contributed by atoms with E-state index in [0.717, 1.165) is 0 Å². The van der Waals surface area contributed by atoms with Gasteiger partial charge < -0.3 is 14.4 Å². The Morgan fingerprint density at radius 3 is 2.78 bits per heavy atom. The van der Waals surface area contributed by atoms with Crippen LogP contribution in [0.25, 0.3) is 11.2 Å². The molecular formula is C12H14ClF2N4O3P. The number of nitrogens with zero attached hydrogens (tertiary/aromatic N) is 4. The van der Waals surface area contributed by atoms with Crippen molar-refractivity contribution in [3.63, 3.8) is 0 Å². The predicted octanol–water partition coefficient (Wildman–Crippen LogP) is 2.98. The van der Waals surface area contributed by atoms with E-state index in [1.54, 1.807) is 10.9 Å². The van der Waals surface area contributed by atoms with Crippen LogP contribution in [0.3, 0.4) is 0 Å². The highest BCUT2D eigenvalue weighted by Crippen LogP contribution is 2.57. The van der Waals surface area contributed by atoms with Crippen molar-refractivity contribution in [2.24, 2.45) is 5.92 Å². The second-order valence-electron chi connectivity index (χ2n) is 5.74. The SMILES string of the molecule is O=P(O)(O)C(F)(F)CC1CCC(n2cnc3c(Cl)ncnc32)C1. The number of rotatable bonds is 4. The maximum Gasteiger partial charge on any atom is 0.394 e. The van der Waals surface area contributed by atoms with E-state index in [4.69, 9.17) is 21.4 Å². The topological polar surface area (TPSA) is 101 Å². The highest BCUT2D eigenvalue weighted by Gasteiger charge is 2.50. The first kappa shape index (κ1) is 16.7. The molecule has 0 saturated heterocycles. The summed E-state index contributed by atoms with van der Waals surface area (Å²) in [5.74, 6) is -0.475. The molecule has 7 nitrogen and oxygen atoms in total. The van der Waals surface area contributed by atoms with Crippen molar-refractivity contribution in [2.75, 3.05) is 0 Å². The Morgan fingerprint density at radius 1 is 1.35 bits per heavy atom. The summed E-state index contributed by atoms with van der Waals surface area (Å²) in [6.45, 7) is 0. The molecule has 0 bridgehead atoms. The summed E-state index contributed by atoms with van der Waals surface area (Å²) in [4.78, 5) is 29.6. The van der Waals surface area contributed by atoms with E-state index in [0.29, 0.717) is 30.4 Å². The Balaban J connectivity index is 1.77. The van der Waals surface area contributed by atoms with Gasteiger partial charge in [-0.1, -0.05) is 11.6 Å². The second kappa shape index (κ2) is 5.73. The molecular weight excluding hydrogens is 353 g/mol. The van der Waals surface area contributed by atoms with Crippen LogP contribution in [0, 0.1) is 5.92 Å². The molecule has 2 heterocycles. The Hall–Kier alpha value is -1.15. The lowest BCUT2D eigenvalue weighted by Gasteiger charge is -2.21. The fourth-order valence-corrected chi connectivity index (χ4v) is 3.72. The summed E-state index contributed by atoms with van der Waals surface area (Å²) in [5, 5.41) is 0.219. The number of aromatic nitrogens is 4. The van der Waals surface area contributed by atoms with Gasteiger partial charge in [0, 0.05) is 12.5 Å². The van der Waals surface area contributed by atoms with Crippen LogP contribution >= 0.6 is 19.2 Å². The number of hydrogen-bond donors (Lipinski definition) is 2. The van der Waals surface area contributed by atoms with Gasteiger partial charge in [-0.25, -0.2) is 15.0 Å². The van der Waals surface area contributed by atoms with Crippen molar-refractivity contribution in [3.8, 4) is 0 Å². The summed E-state index contributed by atoms with van der Waals surface area (Å²) >= 11 is 5.93. The van der Waals surface area contributed by atoms with E-state index in [-0.39, 0.29) is 11.2 Å². The fraction of sp³-hybridized carbons (Fsp3) is 0.583. The molecule has 23 heavy (non-hydrogen) atoms. The quantitative estimate of drug-likeness (QED) is 0.637. The van der Waals surface area contributed by atoms with E-state index in [2.05, 4.69) is 15.0 Å². The van der Waals surface area contributed by atoms with Crippen molar-refractivity contribution in [3.05, 3.63) is 17.8 Å². The van der Waals surface area contributed by atoms with Crippen LogP contribution in [-0.4, -0.2) is 35.0 Å². The summed E-state index contributed by atoms with van der Waals surface area (Å²) in [6, 6.07) is -0.108. The van der Waals surface area contributed by atoms with Crippen molar-refractivity contribution < 1.29 is 23.1 Å². The molecule has 2 N–H and O–H groups in total. The minimum atomic E-state index is -5.44. The lowest BCUT2D eigenvalue weighted by Crippen LogP contribution is -2.20. The third-order valence-electron chi connectivity index (χ3n) is 4.18. The van der Waals surface area contributed by atoms with Gasteiger partial charge in [0.25, 0.3) is 0 Å². The molecule has 2 aromatic heterocycles. The van der Waals surface area contributed by atoms with Crippen LogP contribution in [0.15, 0.2) is 12.7 Å². The molecule has 3 rings (SSSR count). The maximum absolute atomic E-state index is 13.5. The number of fused-ring (bicyclic) bond motifs is 1. The number of hydrogen-bond acceptors (Lipinski definition) is 4. The summed E-state index contributed by atoms with van der Waals surface area (Å²) in [7, 11) is -5.44. The van der Waals surface area contributed by atoms with Gasteiger partial charge in [0.2, 0.25) is 0 Å². The molecule has 1 aliphatic rings. The first-order valence-corrected chi connectivity index (χ1v) is 8.94. The maximum atomic E-state index is 13.5. The van der Waals surface area contributed by atoms with Crippen molar-refractivity contribution in [1.29, 1.82) is 0 Å². The molecule has 2 aromatic rings. The highest BCUT2D eigenvalue weighted by molar-refractivity contribution is 7.53. The van der Waals surface area contributed by atoms with Gasteiger partial charge in [-0.05, 0) is 25.2 Å². The largest absolute Gasteiger partial charge is 0.394 e. The number of halogens is 3. The van der Waals surface area contributed by atoms with Gasteiger partial charge in [0.1, 0.15) is 11.8 Å². The fourth-order valence-electron chi connectivity index (χ4n) is 3.04. The van der Waals surface area contributed by atoms with Gasteiger partial charge in [-0.15, -0.1) is 0 Å². The van der Waals surface area contributed by atoms with Gasteiger partial charge >= 0.3 is 13.3 Å². The highest BCUT2D eigenvalue weighted by atomic mass is 35.5. The van der Waals surface area contributed by atoms with Gasteiger partial charge in [0.15, 0.2) is 10.8 Å². The standard InChI is InChI=1S/C12H14ClF2N4O3P/c13-10-9-11(17-5-16-10)19(6-18-9)8-2-1-7(3-8)4-12(14,15)23(20,21)22/h5-8H,1-4H2,(H2,20,21,22). The van der Waals surface area contributed by atoms with Crippen LogP contribution in [0.2, 0.25) is 5.15 Å². The second-order valence-corrected chi connectivity index (χ2v) is 7.84. The Morgan fingerprint density at radius 2 is 2.09 bits per heavy atom. The molecule has 2 atom stereocenters. The first-order valence-electron chi connectivity index (χ1n) is 6.95. The molecule has 0 radical (unpaired) electrons. The van der Waals surface area contributed by atoms with Crippen molar-refractivity contribution >= 4 is 30.4 Å². The molecule has 0 aromatic carbocycles. The molecule has 0 aliphatic heterocycles. The Kier molecular flexibility index (Phi) is 4.16. The summed E-state index contributed by atoms with van der Waals surface area (Å²) in [5.41, 5.74) is -3.02. The molecule has 126 valence electrons. The van der Waals surface area contributed by atoms with Crippen LogP contribution in [0.1, 0.15) is 31.7 Å². The van der Waals surface area contributed by atoms with Crippen LogP contribution < -0.4 is 0 Å². The molecule has 1 fully saturated rings. The molecule has 1 aliphatic carbocycles. The molecule has 2 unspecified atom stereocenters. The van der Waals surface area contributed by atoms with Crippen LogP contribution in [-0.2, 0) is 4.57 Å². The van der Waals surface area contributed by atoms with Gasteiger partial charge in [-0.3, -0.25) is 4.57 Å². The average Bonchev–Trinajstić information content (AvgIpc) is 3.04. The van der Waals surface area contributed by atoms with E-state index in [1.807, 2.05) is 0 Å². The molecule has 1 saturated carbocycles. The Labute approximate surface area is 134 Å². The van der Waals surface area contributed by atoms with Crippen molar-refractivity contribution in [1.82, 2.24) is 19.5 Å². The van der Waals surface area contributed by atoms with Crippen LogP contribution in [0.4, 0.5) is 8.78 Å². The third kappa shape index (κ3) is 3.10. The smallest absolute Gasteiger partial charge is 0.320 e. The zero-order chi connectivity index (χ0) is 16.8. The predicted molar refractivity (Wildman–Crippen MR) is 78.3 cm³/mol. The third-order valence-corrected chi connectivity index (χ3v) is 5.49. The summed E-state index contributed by atoms with van der Waals surface area (Å²) in [6.07, 6.45) is 3.46. The van der Waals surface area contributed by atoms with Gasteiger partial charge in [-0.2, -0.15) is 8.78 Å². The summed E-state index contributed by atoms with van der Waals surface area (Å²) < 4.78 is 39.7. The minimum absolute atomic E-state index is 0.108. The molecule has 11 heteroatoms. The van der Waals surface area contributed by atoms with Crippen LogP contribution in [0.5, 0.6) is 0 Å². The molecule has 0 spiro atoms. The lowest BCUT2D eigenvalue weighted by molar-refractivity contribution is 0.0341. The normalized spacial score (nSPS) is 22.8. The Bertz CT molecular complexity index is 781. The van der Waals surface area contributed by atoms with E-state index >= 15 is 0 Å². The van der Waals surface area contributed by atoms with E-state index < -0.39 is 25.6 Å². The van der Waals surface area contributed by atoms with E-state index in [1.165, 1.54) is 6.33 Å². The number of alkyl halides is 2. The van der Waals surface area contributed by atoms with Crippen molar-refractivity contribution in [2.45, 2.75) is 37.4 Å². The zero-order valence-electron chi connectivity index (χ0n) is 11.8.